The van der Waals surface area contributed by atoms with E-state index in [0.29, 0.717) is 13.2 Å². The van der Waals surface area contributed by atoms with Crippen LogP contribution in [-0.2, 0) is 17.9 Å². The Morgan fingerprint density at radius 2 is 2.04 bits per heavy atom. The lowest BCUT2D eigenvalue weighted by Crippen LogP contribution is -2.45. The van der Waals surface area contributed by atoms with Crippen molar-refractivity contribution in [2.75, 3.05) is 20.2 Å². The van der Waals surface area contributed by atoms with Crippen molar-refractivity contribution in [3.63, 3.8) is 0 Å². The standard InChI is InChI=1S/C21H28N4O2.HI/c1-21(11-5-13-27-21)16-25-20(22-2)24-14-17-7-9-19(10-8-17)26-15-18-6-3-4-12-23-18;/h3-4,6-10,12H,5,11,13-16H2,1-2H3,(H2,22,24,25);1H. The summed E-state index contributed by atoms with van der Waals surface area (Å²) < 4.78 is 11.6. The van der Waals surface area contributed by atoms with Crippen LogP contribution in [0.5, 0.6) is 5.75 Å². The van der Waals surface area contributed by atoms with Gasteiger partial charge in [-0.15, -0.1) is 24.0 Å². The van der Waals surface area contributed by atoms with E-state index in [-0.39, 0.29) is 29.6 Å². The number of benzene rings is 1. The molecule has 0 bridgehead atoms. The quantitative estimate of drug-likeness (QED) is 0.349. The molecular weight excluding hydrogens is 467 g/mol. The van der Waals surface area contributed by atoms with Crippen LogP contribution in [0.4, 0.5) is 0 Å². The van der Waals surface area contributed by atoms with Gasteiger partial charge in [0.15, 0.2) is 5.96 Å². The Morgan fingerprint density at radius 1 is 1.21 bits per heavy atom. The SMILES string of the molecule is CN=C(NCc1ccc(OCc2ccccn2)cc1)NCC1(C)CCCO1.I. The number of nitrogens with zero attached hydrogens (tertiary/aromatic N) is 2. The fraction of sp³-hybridized carbons (Fsp3) is 0.429. The lowest BCUT2D eigenvalue weighted by Gasteiger charge is -2.24. The van der Waals surface area contributed by atoms with E-state index in [1.165, 1.54) is 0 Å². The highest BCUT2D eigenvalue weighted by molar-refractivity contribution is 14.0. The predicted molar refractivity (Wildman–Crippen MR) is 122 cm³/mol. The molecule has 1 atom stereocenters. The average Bonchev–Trinajstić information content (AvgIpc) is 3.15. The molecule has 0 aliphatic carbocycles. The molecule has 28 heavy (non-hydrogen) atoms. The van der Waals surface area contributed by atoms with Gasteiger partial charge in [0.1, 0.15) is 12.4 Å². The van der Waals surface area contributed by atoms with E-state index in [1.54, 1.807) is 13.2 Å². The van der Waals surface area contributed by atoms with E-state index in [9.17, 15) is 0 Å². The summed E-state index contributed by atoms with van der Waals surface area (Å²) in [6.07, 6.45) is 3.98. The van der Waals surface area contributed by atoms with Crippen molar-refractivity contribution < 1.29 is 9.47 Å². The number of ether oxygens (including phenoxy) is 2. The van der Waals surface area contributed by atoms with Crippen LogP contribution in [0.2, 0.25) is 0 Å². The van der Waals surface area contributed by atoms with Gasteiger partial charge in [-0.1, -0.05) is 18.2 Å². The number of pyridine rings is 1. The van der Waals surface area contributed by atoms with Crippen LogP contribution in [0, 0.1) is 0 Å². The highest BCUT2D eigenvalue weighted by Gasteiger charge is 2.29. The largest absolute Gasteiger partial charge is 0.487 e. The van der Waals surface area contributed by atoms with Crippen LogP contribution in [-0.4, -0.2) is 36.7 Å². The molecule has 1 aliphatic rings. The van der Waals surface area contributed by atoms with Crippen molar-refractivity contribution in [2.24, 2.45) is 4.99 Å². The third-order valence-corrected chi connectivity index (χ3v) is 4.65. The Morgan fingerprint density at radius 3 is 2.68 bits per heavy atom. The molecule has 6 nitrogen and oxygen atoms in total. The van der Waals surface area contributed by atoms with Crippen LogP contribution in [0.1, 0.15) is 31.0 Å². The summed E-state index contributed by atoms with van der Waals surface area (Å²) in [5, 5.41) is 6.69. The zero-order chi connectivity index (χ0) is 19.0. The first-order chi connectivity index (χ1) is 13.2. The Kier molecular flexibility index (Phi) is 8.98. The summed E-state index contributed by atoms with van der Waals surface area (Å²) in [5.74, 6) is 1.61. The summed E-state index contributed by atoms with van der Waals surface area (Å²) in [4.78, 5) is 8.54. The number of nitrogens with one attached hydrogen (secondary N) is 2. The Balaban J connectivity index is 0.00000280. The van der Waals surface area contributed by atoms with E-state index in [1.807, 2.05) is 30.3 Å². The highest BCUT2D eigenvalue weighted by atomic mass is 127. The molecular formula is C21H29IN4O2. The maximum atomic E-state index is 5.80. The highest BCUT2D eigenvalue weighted by Crippen LogP contribution is 2.23. The molecule has 152 valence electrons. The Bertz CT molecular complexity index is 732. The fourth-order valence-electron chi connectivity index (χ4n) is 3.00. The van der Waals surface area contributed by atoms with Gasteiger partial charge in [-0.25, -0.2) is 0 Å². The topological polar surface area (TPSA) is 67.8 Å². The zero-order valence-electron chi connectivity index (χ0n) is 16.5. The van der Waals surface area contributed by atoms with Crippen molar-refractivity contribution in [3.8, 4) is 5.75 Å². The lowest BCUT2D eigenvalue weighted by atomic mass is 10.0. The van der Waals surface area contributed by atoms with Gasteiger partial charge in [0.25, 0.3) is 0 Å². The van der Waals surface area contributed by atoms with Gasteiger partial charge in [-0.2, -0.15) is 0 Å². The molecule has 1 fully saturated rings. The minimum absolute atomic E-state index is 0. The average molecular weight is 496 g/mol. The van der Waals surface area contributed by atoms with Crippen LogP contribution in [0.25, 0.3) is 0 Å². The summed E-state index contributed by atoms with van der Waals surface area (Å²) in [6, 6.07) is 13.9. The molecule has 1 aliphatic heterocycles. The first-order valence-corrected chi connectivity index (χ1v) is 9.37. The van der Waals surface area contributed by atoms with Gasteiger partial charge < -0.3 is 20.1 Å². The zero-order valence-corrected chi connectivity index (χ0v) is 18.8. The van der Waals surface area contributed by atoms with Crippen molar-refractivity contribution in [3.05, 3.63) is 59.9 Å². The van der Waals surface area contributed by atoms with E-state index >= 15 is 0 Å². The minimum atomic E-state index is -0.0930. The Labute approximate surface area is 184 Å². The number of aliphatic imine (C=N–C) groups is 1. The number of hydrogen-bond acceptors (Lipinski definition) is 4. The second kappa shape index (κ2) is 11.2. The van der Waals surface area contributed by atoms with E-state index in [4.69, 9.17) is 9.47 Å². The van der Waals surface area contributed by atoms with Crippen LogP contribution in [0.3, 0.4) is 0 Å². The summed E-state index contributed by atoms with van der Waals surface area (Å²) in [6.45, 7) is 4.91. The third-order valence-electron chi connectivity index (χ3n) is 4.65. The first kappa shape index (κ1) is 22.4. The van der Waals surface area contributed by atoms with Crippen LogP contribution in [0.15, 0.2) is 53.7 Å². The number of hydrogen-bond donors (Lipinski definition) is 2. The molecule has 0 saturated carbocycles. The van der Waals surface area contributed by atoms with Crippen molar-refractivity contribution in [2.45, 2.75) is 38.5 Å². The second-order valence-corrected chi connectivity index (χ2v) is 6.93. The molecule has 1 aromatic heterocycles. The molecule has 1 unspecified atom stereocenters. The normalized spacial score (nSPS) is 19.0. The van der Waals surface area contributed by atoms with Crippen LogP contribution < -0.4 is 15.4 Å². The van der Waals surface area contributed by atoms with E-state index in [0.717, 1.165) is 49.0 Å². The molecule has 2 aromatic rings. The number of aromatic nitrogens is 1. The van der Waals surface area contributed by atoms with E-state index in [2.05, 4.69) is 39.7 Å². The van der Waals surface area contributed by atoms with Gasteiger partial charge in [-0.3, -0.25) is 9.98 Å². The second-order valence-electron chi connectivity index (χ2n) is 6.93. The predicted octanol–water partition coefficient (Wildman–Crippen LogP) is 3.51. The van der Waals surface area contributed by atoms with Gasteiger partial charge >= 0.3 is 0 Å². The third kappa shape index (κ3) is 6.94. The number of halogens is 1. The fourth-order valence-corrected chi connectivity index (χ4v) is 3.00. The van der Waals surface area contributed by atoms with Crippen molar-refractivity contribution >= 4 is 29.9 Å². The molecule has 2 N–H and O–H groups in total. The van der Waals surface area contributed by atoms with Gasteiger partial charge in [0, 0.05) is 32.9 Å². The molecule has 0 spiro atoms. The van der Waals surface area contributed by atoms with E-state index < -0.39 is 0 Å². The number of guanidine groups is 1. The first-order valence-electron chi connectivity index (χ1n) is 9.37. The van der Waals surface area contributed by atoms with Crippen molar-refractivity contribution in [1.82, 2.24) is 15.6 Å². The van der Waals surface area contributed by atoms with Gasteiger partial charge in [0.05, 0.1) is 11.3 Å². The molecule has 7 heteroatoms. The number of rotatable bonds is 7. The maximum Gasteiger partial charge on any atom is 0.191 e. The minimum Gasteiger partial charge on any atom is -0.487 e. The smallest absolute Gasteiger partial charge is 0.191 e. The monoisotopic (exact) mass is 496 g/mol. The molecule has 1 saturated heterocycles. The Hall–Kier alpha value is -1.87. The lowest BCUT2D eigenvalue weighted by molar-refractivity contribution is 0.0243. The summed E-state index contributed by atoms with van der Waals surface area (Å²) in [5.41, 5.74) is 1.98. The summed E-state index contributed by atoms with van der Waals surface area (Å²) in [7, 11) is 1.78. The molecule has 1 aromatic carbocycles. The van der Waals surface area contributed by atoms with Gasteiger partial charge in [-0.05, 0) is 49.6 Å². The molecule has 3 rings (SSSR count). The summed E-state index contributed by atoms with van der Waals surface area (Å²) >= 11 is 0. The van der Waals surface area contributed by atoms with Gasteiger partial charge in [0.2, 0.25) is 0 Å². The molecule has 0 radical (unpaired) electrons. The van der Waals surface area contributed by atoms with Crippen LogP contribution >= 0.6 is 24.0 Å². The van der Waals surface area contributed by atoms with Crippen molar-refractivity contribution in [1.29, 1.82) is 0 Å². The maximum absolute atomic E-state index is 5.80. The molecule has 0 amide bonds. The molecule has 2 heterocycles.